The second-order valence-corrected chi connectivity index (χ2v) is 9.86. The average molecular weight is 495 g/mol. The summed E-state index contributed by atoms with van der Waals surface area (Å²) in [6.45, 7) is 0.827. The predicted octanol–water partition coefficient (Wildman–Crippen LogP) is 3.65. The summed E-state index contributed by atoms with van der Waals surface area (Å²) in [7, 11) is -4.15. The third-order valence-electron chi connectivity index (χ3n) is 5.68. The SMILES string of the molecule is O=S(=O)(c1cccc(C(F)(F)F)c1)N1CCN2C[C@@H](Oc3cncc(C(F)(F)F)c3)C[C@H]2C1. The lowest BCUT2D eigenvalue weighted by atomic mass is 10.1. The van der Waals surface area contributed by atoms with Gasteiger partial charge in [0.1, 0.15) is 11.9 Å². The second kappa shape index (κ2) is 8.44. The maximum Gasteiger partial charge on any atom is 0.418 e. The van der Waals surface area contributed by atoms with Gasteiger partial charge in [-0.2, -0.15) is 30.6 Å². The number of sulfonamides is 1. The van der Waals surface area contributed by atoms with Crippen molar-refractivity contribution in [2.24, 2.45) is 0 Å². The first kappa shape index (κ1) is 23.8. The number of aromatic nitrogens is 1. The molecule has 3 heterocycles. The Morgan fingerprint density at radius 2 is 1.67 bits per heavy atom. The van der Waals surface area contributed by atoms with E-state index in [1.54, 1.807) is 0 Å². The zero-order valence-corrected chi connectivity index (χ0v) is 17.8. The molecule has 180 valence electrons. The molecular formula is C20H19F6N3O3S. The van der Waals surface area contributed by atoms with Crippen molar-refractivity contribution in [1.82, 2.24) is 14.2 Å². The van der Waals surface area contributed by atoms with Gasteiger partial charge in [-0.1, -0.05) is 6.07 Å². The van der Waals surface area contributed by atoms with Crippen molar-refractivity contribution in [2.75, 3.05) is 26.2 Å². The molecule has 0 bridgehead atoms. The quantitative estimate of drug-likeness (QED) is 0.607. The smallest absolute Gasteiger partial charge is 0.418 e. The van der Waals surface area contributed by atoms with Crippen molar-refractivity contribution in [1.29, 1.82) is 0 Å². The monoisotopic (exact) mass is 495 g/mol. The van der Waals surface area contributed by atoms with Gasteiger partial charge in [0.15, 0.2) is 0 Å². The summed E-state index contributed by atoms with van der Waals surface area (Å²) in [6.07, 6.45) is -7.48. The first-order valence-electron chi connectivity index (χ1n) is 9.94. The lowest BCUT2D eigenvalue weighted by Gasteiger charge is -2.36. The third-order valence-corrected chi connectivity index (χ3v) is 7.54. The van der Waals surface area contributed by atoms with E-state index in [0.717, 1.165) is 28.6 Å². The summed E-state index contributed by atoms with van der Waals surface area (Å²) in [6, 6.07) is 4.17. The van der Waals surface area contributed by atoms with Gasteiger partial charge in [-0.05, 0) is 24.3 Å². The molecule has 0 unspecified atom stereocenters. The minimum absolute atomic E-state index is 0.0388. The number of piperazine rings is 1. The predicted molar refractivity (Wildman–Crippen MR) is 104 cm³/mol. The van der Waals surface area contributed by atoms with E-state index in [1.807, 2.05) is 4.90 Å². The summed E-state index contributed by atoms with van der Waals surface area (Å²) < 4.78 is 110. The molecule has 2 aliphatic rings. The Balaban J connectivity index is 1.44. The van der Waals surface area contributed by atoms with Crippen LogP contribution in [-0.4, -0.2) is 60.9 Å². The van der Waals surface area contributed by atoms with Crippen molar-refractivity contribution < 1.29 is 39.5 Å². The molecule has 6 nitrogen and oxygen atoms in total. The number of halogens is 6. The lowest BCUT2D eigenvalue weighted by Crippen LogP contribution is -2.51. The summed E-state index contributed by atoms with van der Waals surface area (Å²) in [5, 5.41) is 0. The molecule has 2 atom stereocenters. The van der Waals surface area contributed by atoms with Gasteiger partial charge in [0.25, 0.3) is 0 Å². The van der Waals surface area contributed by atoms with Crippen LogP contribution in [-0.2, 0) is 22.4 Å². The van der Waals surface area contributed by atoms with Gasteiger partial charge in [0, 0.05) is 44.8 Å². The standard InChI is InChI=1S/C20H19F6N3O3S/c21-19(22,23)13-2-1-3-18(7-13)33(30,31)29-5-4-28-12-17(8-15(28)11-29)32-16-6-14(9-27-10-16)20(24,25)26/h1-3,6-7,9-10,15,17H,4-5,8,11-12H2/t15-,17-/m0/s1. The topological polar surface area (TPSA) is 62.7 Å². The number of ether oxygens (including phenoxy) is 1. The molecule has 2 fully saturated rings. The van der Waals surface area contributed by atoms with Crippen molar-refractivity contribution in [3.63, 3.8) is 0 Å². The first-order valence-corrected chi connectivity index (χ1v) is 11.4. The van der Waals surface area contributed by atoms with Gasteiger partial charge in [-0.3, -0.25) is 9.88 Å². The maximum atomic E-state index is 13.0. The fourth-order valence-corrected chi connectivity index (χ4v) is 5.60. The van der Waals surface area contributed by atoms with Crippen LogP contribution in [0.1, 0.15) is 17.5 Å². The van der Waals surface area contributed by atoms with E-state index in [2.05, 4.69) is 4.98 Å². The molecule has 1 aromatic heterocycles. The van der Waals surface area contributed by atoms with Gasteiger partial charge in [-0.25, -0.2) is 8.42 Å². The Labute approximate surface area is 185 Å². The lowest BCUT2D eigenvalue weighted by molar-refractivity contribution is -0.138. The molecule has 2 aromatic rings. The Kier molecular flexibility index (Phi) is 6.08. The molecule has 2 saturated heterocycles. The number of benzene rings is 1. The Morgan fingerprint density at radius 3 is 2.36 bits per heavy atom. The molecule has 0 saturated carbocycles. The van der Waals surface area contributed by atoms with Crippen LogP contribution in [0.4, 0.5) is 26.3 Å². The van der Waals surface area contributed by atoms with Gasteiger partial charge >= 0.3 is 12.4 Å². The zero-order valence-electron chi connectivity index (χ0n) is 17.0. The van der Waals surface area contributed by atoms with Crippen molar-refractivity contribution in [2.45, 2.75) is 35.8 Å². The van der Waals surface area contributed by atoms with E-state index in [9.17, 15) is 34.8 Å². The summed E-state index contributed by atoms with van der Waals surface area (Å²) in [5.41, 5.74) is -1.99. The van der Waals surface area contributed by atoms with Crippen LogP contribution >= 0.6 is 0 Å². The first-order chi connectivity index (χ1) is 15.3. The van der Waals surface area contributed by atoms with Gasteiger partial charge in [-0.15, -0.1) is 0 Å². The number of nitrogens with zero attached hydrogens (tertiary/aromatic N) is 3. The summed E-state index contributed by atoms with van der Waals surface area (Å²) in [4.78, 5) is 5.08. The highest BCUT2D eigenvalue weighted by atomic mass is 32.2. The van der Waals surface area contributed by atoms with Crippen LogP contribution in [0, 0.1) is 0 Å². The van der Waals surface area contributed by atoms with Crippen LogP contribution in [0.3, 0.4) is 0 Å². The average Bonchev–Trinajstić information content (AvgIpc) is 3.14. The van der Waals surface area contributed by atoms with Crippen LogP contribution in [0.25, 0.3) is 0 Å². The van der Waals surface area contributed by atoms with Crippen molar-refractivity contribution in [3.05, 3.63) is 53.9 Å². The molecule has 4 rings (SSSR count). The Morgan fingerprint density at radius 1 is 0.939 bits per heavy atom. The van der Waals surface area contributed by atoms with Crippen LogP contribution in [0.15, 0.2) is 47.6 Å². The fraction of sp³-hybridized carbons (Fsp3) is 0.450. The minimum Gasteiger partial charge on any atom is -0.487 e. The molecule has 0 N–H and O–H groups in total. The maximum absolute atomic E-state index is 13.0. The van der Waals surface area contributed by atoms with E-state index in [-0.39, 0.29) is 24.9 Å². The molecule has 0 aliphatic carbocycles. The van der Waals surface area contributed by atoms with Gasteiger partial charge in [0.2, 0.25) is 10.0 Å². The normalized spacial score (nSPS) is 22.8. The van der Waals surface area contributed by atoms with Gasteiger partial charge < -0.3 is 4.74 Å². The highest BCUT2D eigenvalue weighted by Crippen LogP contribution is 2.34. The number of hydrogen-bond acceptors (Lipinski definition) is 5. The Hall–Kier alpha value is -2.38. The molecule has 0 spiro atoms. The number of rotatable bonds is 4. The van der Waals surface area contributed by atoms with Crippen molar-refractivity contribution >= 4 is 10.0 Å². The van der Waals surface area contributed by atoms with E-state index in [4.69, 9.17) is 4.74 Å². The zero-order chi connectivity index (χ0) is 24.0. The number of hydrogen-bond donors (Lipinski definition) is 0. The molecule has 2 aliphatic heterocycles. The highest BCUT2D eigenvalue weighted by Gasteiger charge is 2.41. The van der Waals surface area contributed by atoms with E-state index in [1.165, 1.54) is 6.20 Å². The Bertz CT molecular complexity index is 1120. The summed E-state index contributed by atoms with van der Waals surface area (Å²) in [5.74, 6) is -0.0388. The molecule has 0 amide bonds. The largest absolute Gasteiger partial charge is 0.487 e. The molecular weight excluding hydrogens is 476 g/mol. The number of pyridine rings is 1. The number of alkyl halides is 6. The third kappa shape index (κ3) is 5.09. The molecule has 33 heavy (non-hydrogen) atoms. The second-order valence-electron chi connectivity index (χ2n) is 7.92. The molecule has 0 radical (unpaired) electrons. The van der Waals surface area contributed by atoms with Crippen LogP contribution in [0.5, 0.6) is 5.75 Å². The molecule has 13 heteroatoms. The van der Waals surface area contributed by atoms with Crippen molar-refractivity contribution in [3.8, 4) is 5.75 Å². The van der Waals surface area contributed by atoms with E-state index < -0.39 is 44.5 Å². The van der Waals surface area contributed by atoms with Crippen LogP contribution < -0.4 is 4.74 Å². The highest BCUT2D eigenvalue weighted by molar-refractivity contribution is 7.89. The molecule has 1 aromatic carbocycles. The van der Waals surface area contributed by atoms with E-state index >= 15 is 0 Å². The van der Waals surface area contributed by atoms with E-state index in [0.29, 0.717) is 31.8 Å². The van der Waals surface area contributed by atoms with Gasteiger partial charge in [0.05, 0.1) is 22.2 Å². The summed E-state index contributed by atoms with van der Waals surface area (Å²) >= 11 is 0. The number of fused-ring (bicyclic) bond motifs is 1. The van der Waals surface area contributed by atoms with Crippen LogP contribution in [0.2, 0.25) is 0 Å². The fourth-order valence-electron chi connectivity index (χ4n) is 4.08. The minimum atomic E-state index is -4.67.